The Morgan fingerprint density at radius 2 is 0.940 bits per heavy atom. The van der Waals surface area contributed by atoms with Gasteiger partial charge >= 0.3 is 0 Å². The van der Waals surface area contributed by atoms with Gasteiger partial charge in [0.2, 0.25) is 0 Å². The number of para-hydroxylation sites is 3. The van der Waals surface area contributed by atoms with E-state index < -0.39 is 0 Å². The van der Waals surface area contributed by atoms with E-state index >= 15 is 0 Å². The molecule has 0 saturated carbocycles. The van der Waals surface area contributed by atoms with Gasteiger partial charge in [-0.3, -0.25) is 0 Å². The lowest BCUT2D eigenvalue weighted by Gasteiger charge is -2.18. The average Bonchev–Trinajstić information content (AvgIpc) is 3.69. The van der Waals surface area contributed by atoms with Crippen molar-refractivity contribution in [1.29, 1.82) is 10.5 Å². The van der Waals surface area contributed by atoms with Crippen LogP contribution in [0.15, 0.2) is 152 Å². The summed E-state index contributed by atoms with van der Waals surface area (Å²) in [5, 5.41) is 23.5. The van der Waals surface area contributed by atoms with Gasteiger partial charge in [-0.1, -0.05) is 84.9 Å². The van der Waals surface area contributed by atoms with Crippen LogP contribution in [-0.4, -0.2) is 9.13 Å². The van der Waals surface area contributed by atoms with Gasteiger partial charge in [-0.2, -0.15) is 10.5 Å². The molecule has 7 aromatic carbocycles. The molecule has 2 aromatic heterocycles. The predicted octanol–water partition coefficient (Wildman–Crippen LogP) is 11.5. The quantitative estimate of drug-likeness (QED) is 0.181. The molecule has 0 atom stereocenters. The molecule has 9 aromatic rings. The van der Waals surface area contributed by atoms with E-state index in [0.717, 1.165) is 77.2 Å². The Balaban J connectivity index is 1.29. The van der Waals surface area contributed by atoms with Crippen LogP contribution in [0, 0.1) is 29.2 Å². The molecule has 0 amide bonds. The number of nitrogens with zero attached hydrogens (tertiary/aromatic N) is 5. The standard InChI is InChI=1S/C45H25N5/c1-48-40-21-20-31(49-41-15-7-5-13-35(41)38-24-29(27-46)18-22-44(38)49)26-37(40)33-11-3-2-10-32(33)34-12-4-8-16-42(34)50-43-17-9-6-14-36(43)39-25-30(28-47)19-23-45(39)50/h2-26H. The third kappa shape index (κ3) is 4.31. The van der Waals surface area contributed by atoms with Crippen molar-refractivity contribution in [2.45, 2.75) is 0 Å². The van der Waals surface area contributed by atoms with Gasteiger partial charge in [0, 0.05) is 32.8 Å². The molecule has 5 nitrogen and oxygen atoms in total. The Morgan fingerprint density at radius 3 is 1.56 bits per heavy atom. The van der Waals surface area contributed by atoms with Gasteiger partial charge < -0.3 is 9.13 Å². The molecular formula is C45H25N5. The second-order valence-corrected chi connectivity index (χ2v) is 12.3. The van der Waals surface area contributed by atoms with Crippen molar-refractivity contribution in [2.24, 2.45) is 0 Å². The molecule has 0 spiro atoms. The van der Waals surface area contributed by atoms with Crippen LogP contribution in [0.2, 0.25) is 0 Å². The number of benzene rings is 7. The molecule has 0 radical (unpaired) electrons. The van der Waals surface area contributed by atoms with Crippen molar-refractivity contribution in [3.8, 4) is 45.8 Å². The molecule has 2 heterocycles. The van der Waals surface area contributed by atoms with Crippen molar-refractivity contribution in [2.75, 3.05) is 0 Å². The van der Waals surface area contributed by atoms with Crippen LogP contribution in [0.4, 0.5) is 5.69 Å². The second kappa shape index (κ2) is 11.4. The minimum absolute atomic E-state index is 0.562. The fraction of sp³-hybridized carbons (Fsp3) is 0. The Labute approximate surface area is 288 Å². The highest BCUT2D eigenvalue weighted by molar-refractivity contribution is 6.11. The number of hydrogen-bond donors (Lipinski definition) is 0. The molecule has 0 aliphatic heterocycles. The van der Waals surface area contributed by atoms with E-state index in [1.165, 1.54) is 0 Å². The molecule has 0 unspecified atom stereocenters. The van der Waals surface area contributed by atoms with Crippen LogP contribution in [0.3, 0.4) is 0 Å². The highest BCUT2D eigenvalue weighted by Gasteiger charge is 2.20. The summed E-state index contributed by atoms with van der Waals surface area (Å²) in [6, 6.07) is 55.5. The molecular weight excluding hydrogens is 611 g/mol. The summed E-state index contributed by atoms with van der Waals surface area (Å²) < 4.78 is 4.49. The Bertz CT molecular complexity index is 2970. The van der Waals surface area contributed by atoms with Crippen molar-refractivity contribution in [1.82, 2.24) is 9.13 Å². The van der Waals surface area contributed by atoms with Gasteiger partial charge in [-0.15, -0.1) is 0 Å². The largest absolute Gasteiger partial charge is 0.309 e. The summed E-state index contributed by atoms with van der Waals surface area (Å²) in [6.45, 7) is 8.19. The van der Waals surface area contributed by atoms with Gasteiger partial charge in [0.15, 0.2) is 5.69 Å². The van der Waals surface area contributed by atoms with Crippen molar-refractivity contribution < 1.29 is 0 Å². The van der Waals surface area contributed by atoms with Crippen molar-refractivity contribution in [3.05, 3.63) is 174 Å². The monoisotopic (exact) mass is 635 g/mol. The molecule has 0 N–H and O–H groups in total. The lowest BCUT2D eigenvalue weighted by Crippen LogP contribution is -1.98. The molecule has 5 heteroatoms. The minimum Gasteiger partial charge on any atom is -0.309 e. The number of aromatic nitrogens is 2. The van der Waals surface area contributed by atoms with E-state index in [2.05, 4.69) is 92.8 Å². The smallest absolute Gasteiger partial charge is 0.195 e. The SMILES string of the molecule is [C-]#[N+]c1ccc(-n2c3ccccc3c3cc(C#N)ccc32)cc1-c1ccccc1-c1ccccc1-n1c2ccccc2c2cc(C#N)ccc21. The normalized spacial score (nSPS) is 11.1. The number of hydrogen-bond acceptors (Lipinski definition) is 2. The van der Waals surface area contributed by atoms with E-state index in [-0.39, 0.29) is 0 Å². The molecule has 50 heavy (non-hydrogen) atoms. The second-order valence-electron chi connectivity index (χ2n) is 12.3. The maximum absolute atomic E-state index is 9.68. The molecule has 0 aliphatic rings. The van der Waals surface area contributed by atoms with Crippen LogP contribution in [0.1, 0.15) is 11.1 Å². The number of rotatable bonds is 4. The molecule has 9 rings (SSSR count). The maximum Gasteiger partial charge on any atom is 0.195 e. The summed E-state index contributed by atoms with van der Waals surface area (Å²) in [4.78, 5) is 4.00. The Kier molecular flexibility index (Phi) is 6.56. The van der Waals surface area contributed by atoms with Crippen molar-refractivity contribution in [3.63, 3.8) is 0 Å². The molecule has 0 fully saturated rings. The van der Waals surface area contributed by atoms with Crippen LogP contribution < -0.4 is 0 Å². The number of fused-ring (bicyclic) bond motifs is 6. The van der Waals surface area contributed by atoms with Gasteiger partial charge in [0.25, 0.3) is 0 Å². The highest BCUT2D eigenvalue weighted by Crippen LogP contribution is 2.43. The topological polar surface area (TPSA) is 61.8 Å². The lowest BCUT2D eigenvalue weighted by molar-refractivity contribution is 1.18. The zero-order valence-corrected chi connectivity index (χ0v) is 26.7. The molecule has 0 saturated heterocycles. The van der Waals surface area contributed by atoms with Crippen LogP contribution >= 0.6 is 0 Å². The first-order chi connectivity index (χ1) is 24.7. The first-order valence-electron chi connectivity index (χ1n) is 16.3. The van der Waals surface area contributed by atoms with Crippen molar-refractivity contribution >= 4 is 49.3 Å². The van der Waals surface area contributed by atoms with E-state index in [1.54, 1.807) is 0 Å². The third-order valence-electron chi connectivity index (χ3n) is 9.61. The highest BCUT2D eigenvalue weighted by atomic mass is 15.0. The first-order valence-corrected chi connectivity index (χ1v) is 16.3. The summed E-state index contributed by atoms with van der Waals surface area (Å²) in [6.07, 6.45) is 0. The summed E-state index contributed by atoms with van der Waals surface area (Å²) in [5.74, 6) is 0. The average molecular weight is 636 g/mol. The lowest BCUT2D eigenvalue weighted by atomic mass is 9.92. The third-order valence-corrected chi connectivity index (χ3v) is 9.61. The summed E-state index contributed by atoms with van der Waals surface area (Å²) in [5.41, 5.74) is 11.7. The molecule has 230 valence electrons. The minimum atomic E-state index is 0.562. The maximum atomic E-state index is 9.68. The molecule has 0 aliphatic carbocycles. The van der Waals surface area contributed by atoms with Gasteiger partial charge in [-0.25, -0.2) is 4.85 Å². The van der Waals surface area contributed by atoms with Crippen LogP contribution in [-0.2, 0) is 0 Å². The van der Waals surface area contributed by atoms with E-state index in [4.69, 9.17) is 6.57 Å². The van der Waals surface area contributed by atoms with Crippen LogP contribution in [0.5, 0.6) is 0 Å². The Morgan fingerprint density at radius 1 is 0.440 bits per heavy atom. The summed E-state index contributed by atoms with van der Waals surface area (Å²) >= 11 is 0. The van der Waals surface area contributed by atoms with Gasteiger partial charge in [0.1, 0.15) is 0 Å². The zero-order chi connectivity index (χ0) is 33.8. The zero-order valence-electron chi connectivity index (χ0n) is 26.7. The first kappa shape index (κ1) is 28.8. The van der Waals surface area contributed by atoms with E-state index in [1.807, 2.05) is 84.9 Å². The van der Waals surface area contributed by atoms with E-state index in [9.17, 15) is 10.5 Å². The van der Waals surface area contributed by atoms with Crippen LogP contribution in [0.25, 0.3) is 82.1 Å². The fourth-order valence-electron chi connectivity index (χ4n) is 7.45. The Hall–Kier alpha value is -7.39. The number of nitriles is 2. The van der Waals surface area contributed by atoms with Gasteiger partial charge in [0.05, 0.1) is 57.6 Å². The van der Waals surface area contributed by atoms with Gasteiger partial charge in [-0.05, 0) is 83.4 Å². The van der Waals surface area contributed by atoms with E-state index in [0.29, 0.717) is 16.8 Å². The predicted molar refractivity (Wildman–Crippen MR) is 202 cm³/mol. The molecule has 0 bridgehead atoms. The fourth-order valence-corrected chi connectivity index (χ4v) is 7.45. The summed E-state index contributed by atoms with van der Waals surface area (Å²) in [7, 11) is 0.